The Hall–Kier alpha value is -3.67. The number of ether oxygens (including phenoxy) is 1. The van der Waals surface area contributed by atoms with Crippen LogP contribution in [0.3, 0.4) is 0 Å². The first-order valence-electron chi connectivity index (χ1n) is 9.06. The minimum atomic E-state index is -0.0725. The molecule has 1 aromatic carbocycles. The molecule has 0 spiro atoms. The van der Waals surface area contributed by atoms with Gasteiger partial charge >= 0.3 is 0 Å². The van der Waals surface area contributed by atoms with E-state index in [9.17, 15) is 4.79 Å². The van der Waals surface area contributed by atoms with Gasteiger partial charge in [-0.2, -0.15) is 0 Å². The number of nitrogens with one attached hydrogen (secondary N) is 1. The number of nitrogens with zero attached hydrogens (tertiary/aromatic N) is 3. The van der Waals surface area contributed by atoms with Crippen LogP contribution in [0.1, 0.15) is 6.92 Å². The average molecular weight is 372 g/mol. The molecule has 0 atom stereocenters. The van der Waals surface area contributed by atoms with Gasteiger partial charge in [0.15, 0.2) is 0 Å². The van der Waals surface area contributed by atoms with Crippen LogP contribution in [0, 0.1) is 0 Å². The molecule has 1 N–H and O–H groups in total. The molecule has 0 saturated carbocycles. The normalized spacial score (nSPS) is 10.8. The molecule has 0 aliphatic heterocycles. The summed E-state index contributed by atoms with van der Waals surface area (Å²) >= 11 is 0. The third kappa shape index (κ3) is 3.32. The molecule has 0 amide bonds. The average Bonchev–Trinajstić information content (AvgIpc) is 2.72. The van der Waals surface area contributed by atoms with Crippen molar-refractivity contribution in [1.29, 1.82) is 0 Å². The molecule has 0 saturated heterocycles. The van der Waals surface area contributed by atoms with Crippen molar-refractivity contribution in [2.24, 2.45) is 7.05 Å². The minimum Gasteiger partial charge on any atom is -0.494 e. The predicted octanol–water partition coefficient (Wildman–Crippen LogP) is 4.14. The first-order valence-corrected chi connectivity index (χ1v) is 9.06. The third-order valence-electron chi connectivity index (χ3n) is 4.50. The SMILES string of the molecule is CCOc1ccc(-c2cn(C)c3ccnc(Nc4cccnc4)c3c2=O)cc1. The summed E-state index contributed by atoms with van der Waals surface area (Å²) in [7, 11) is 1.92. The number of aromatic nitrogens is 3. The summed E-state index contributed by atoms with van der Waals surface area (Å²) in [6.45, 7) is 2.54. The van der Waals surface area contributed by atoms with Crippen LogP contribution in [0.25, 0.3) is 22.0 Å². The van der Waals surface area contributed by atoms with Crippen LogP contribution in [0.15, 0.2) is 72.0 Å². The maximum Gasteiger partial charge on any atom is 0.200 e. The Morgan fingerprint density at radius 3 is 2.64 bits per heavy atom. The molecule has 28 heavy (non-hydrogen) atoms. The van der Waals surface area contributed by atoms with Crippen molar-refractivity contribution in [3.63, 3.8) is 0 Å². The molecule has 6 nitrogen and oxygen atoms in total. The lowest BCUT2D eigenvalue weighted by Crippen LogP contribution is -2.13. The molecule has 0 bridgehead atoms. The quantitative estimate of drug-likeness (QED) is 0.570. The number of benzene rings is 1. The molecule has 0 aliphatic carbocycles. The fourth-order valence-corrected chi connectivity index (χ4v) is 3.20. The number of hydrogen-bond donors (Lipinski definition) is 1. The fraction of sp³-hybridized carbons (Fsp3) is 0.136. The van der Waals surface area contributed by atoms with E-state index in [0.29, 0.717) is 23.4 Å². The second kappa shape index (κ2) is 7.52. The molecule has 0 unspecified atom stereocenters. The minimum absolute atomic E-state index is 0.0725. The largest absolute Gasteiger partial charge is 0.494 e. The van der Waals surface area contributed by atoms with E-state index in [1.807, 2.05) is 67.2 Å². The van der Waals surface area contributed by atoms with E-state index >= 15 is 0 Å². The molecule has 4 aromatic rings. The van der Waals surface area contributed by atoms with E-state index in [0.717, 1.165) is 22.5 Å². The molecular formula is C22H20N4O2. The van der Waals surface area contributed by atoms with Crippen molar-refractivity contribution in [3.8, 4) is 16.9 Å². The summed E-state index contributed by atoms with van der Waals surface area (Å²) in [5.74, 6) is 1.29. The van der Waals surface area contributed by atoms with Gasteiger partial charge in [0.25, 0.3) is 0 Å². The van der Waals surface area contributed by atoms with Crippen molar-refractivity contribution in [2.75, 3.05) is 11.9 Å². The van der Waals surface area contributed by atoms with E-state index in [4.69, 9.17) is 4.74 Å². The Morgan fingerprint density at radius 2 is 1.93 bits per heavy atom. The molecule has 3 heterocycles. The van der Waals surface area contributed by atoms with Crippen LogP contribution in [-0.4, -0.2) is 21.1 Å². The van der Waals surface area contributed by atoms with Gasteiger partial charge in [-0.15, -0.1) is 0 Å². The monoisotopic (exact) mass is 372 g/mol. The van der Waals surface area contributed by atoms with E-state index in [-0.39, 0.29) is 5.43 Å². The Bertz CT molecular complexity index is 1170. The molecule has 0 fully saturated rings. The predicted molar refractivity (Wildman–Crippen MR) is 111 cm³/mol. The zero-order valence-electron chi connectivity index (χ0n) is 15.7. The molecule has 140 valence electrons. The highest BCUT2D eigenvalue weighted by Gasteiger charge is 2.14. The first-order chi connectivity index (χ1) is 13.7. The smallest absolute Gasteiger partial charge is 0.200 e. The molecule has 4 rings (SSSR count). The van der Waals surface area contributed by atoms with E-state index < -0.39 is 0 Å². The van der Waals surface area contributed by atoms with Gasteiger partial charge in [-0.1, -0.05) is 12.1 Å². The van der Waals surface area contributed by atoms with Gasteiger partial charge in [0.1, 0.15) is 11.6 Å². The summed E-state index contributed by atoms with van der Waals surface area (Å²) < 4.78 is 7.44. The van der Waals surface area contributed by atoms with E-state index in [1.165, 1.54) is 0 Å². The van der Waals surface area contributed by atoms with Crippen LogP contribution in [0.4, 0.5) is 11.5 Å². The lowest BCUT2D eigenvalue weighted by atomic mass is 10.0. The third-order valence-corrected chi connectivity index (χ3v) is 4.50. The van der Waals surface area contributed by atoms with Crippen LogP contribution >= 0.6 is 0 Å². The topological polar surface area (TPSA) is 69.0 Å². The zero-order chi connectivity index (χ0) is 19.5. The van der Waals surface area contributed by atoms with Gasteiger partial charge in [0, 0.05) is 31.2 Å². The zero-order valence-corrected chi connectivity index (χ0v) is 15.7. The number of hydrogen-bond acceptors (Lipinski definition) is 5. The van der Waals surface area contributed by atoms with Crippen molar-refractivity contribution < 1.29 is 4.74 Å². The van der Waals surface area contributed by atoms with Crippen LogP contribution < -0.4 is 15.5 Å². The lowest BCUT2D eigenvalue weighted by Gasteiger charge is -2.13. The number of rotatable bonds is 5. The van der Waals surface area contributed by atoms with Gasteiger partial charge in [0.2, 0.25) is 5.43 Å². The van der Waals surface area contributed by atoms with Crippen LogP contribution in [0.5, 0.6) is 5.75 Å². The highest BCUT2D eigenvalue weighted by Crippen LogP contribution is 2.26. The van der Waals surface area contributed by atoms with Gasteiger partial charge in [-0.3, -0.25) is 9.78 Å². The summed E-state index contributed by atoms with van der Waals surface area (Å²) in [5.41, 5.74) is 2.95. The number of fused-ring (bicyclic) bond motifs is 1. The van der Waals surface area contributed by atoms with E-state index in [2.05, 4.69) is 15.3 Å². The molecule has 0 radical (unpaired) electrons. The Balaban J connectivity index is 1.86. The fourth-order valence-electron chi connectivity index (χ4n) is 3.20. The van der Waals surface area contributed by atoms with Crippen molar-refractivity contribution in [1.82, 2.24) is 14.5 Å². The van der Waals surface area contributed by atoms with Gasteiger partial charge in [0.05, 0.1) is 29.4 Å². The van der Waals surface area contributed by atoms with E-state index in [1.54, 1.807) is 18.6 Å². The van der Waals surface area contributed by atoms with Gasteiger partial charge in [-0.05, 0) is 42.8 Å². The summed E-state index contributed by atoms with van der Waals surface area (Å²) in [6.07, 6.45) is 6.94. The molecule has 3 aromatic heterocycles. The first kappa shape index (κ1) is 17.7. The standard InChI is InChI=1S/C22H20N4O2/c1-3-28-17-8-6-15(7-9-17)18-14-26(2)19-10-12-24-22(20(19)21(18)27)25-16-5-4-11-23-13-16/h4-14H,3H2,1-2H3,(H,24,25). The Kier molecular flexibility index (Phi) is 4.76. The number of anilines is 2. The summed E-state index contributed by atoms with van der Waals surface area (Å²) in [6, 6.07) is 13.1. The maximum absolute atomic E-state index is 13.4. The summed E-state index contributed by atoms with van der Waals surface area (Å²) in [4.78, 5) is 21.9. The maximum atomic E-state index is 13.4. The Labute approximate surface area is 162 Å². The molecule has 6 heteroatoms. The van der Waals surface area contributed by atoms with Gasteiger partial charge in [-0.25, -0.2) is 4.98 Å². The second-order valence-corrected chi connectivity index (χ2v) is 6.36. The lowest BCUT2D eigenvalue weighted by molar-refractivity contribution is 0.340. The summed E-state index contributed by atoms with van der Waals surface area (Å²) in [5, 5.41) is 3.75. The number of aryl methyl sites for hydroxylation is 1. The molecular weight excluding hydrogens is 352 g/mol. The van der Waals surface area contributed by atoms with Crippen LogP contribution in [0.2, 0.25) is 0 Å². The highest BCUT2D eigenvalue weighted by molar-refractivity contribution is 5.93. The second-order valence-electron chi connectivity index (χ2n) is 6.36. The highest BCUT2D eigenvalue weighted by atomic mass is 16.5. The van der Waals surface area contributed by atoms with Crippen molar-refractivity contribution >= 4 is 22.4 Å². The molecule has 0 aliphatic rings. The van der Waals surface area contributed by atoms with Crippen molar-refractivity contribution in [2.45, 2.75) is 6.92 Å². The van der Waals surface area contributed by atoms with Crippen molar-refractivity contribution in [3.05, 3.63) is 77.5 Å². The Morgan fingerprint density at radius 1 is 1.11 bits per heavy atom. The van der Waals surface area contributed by atoms with Crippen LogP contribution in [-0.2, 0) is 7.05 Å². The number of pyridine rings is 3. The van der Waals surface area contributed by atoms with Gasteiger partial charge < -0.3 is 14.6 Å².